The van der Waals surface area contributed by atoms with Gasteiger partial charge in [-0.1, -0.05) is 6.07 Å². The van der Waals surface area contributed by atoms with E-state index in [2.05, 4.69) is 0 Å². The van der Waals surface area contributed by atoms with Crippen LogP contribution in [0.4, 0.5) is 4.39 Å². The molecule has 0 aliphatic carbocycles. The number of halogens is 1. The Hall–Kier alpha value is -1.13. The molecule has 88 valence electrons. The second-order valence-corrected chi connectivity index (χ2v) is 4.14. The van der Waals surface area contributed by atoms with Gasteiger partial charge in [0.1, 0.15) is 13.0 Å². The van der Waals surface area contributed by atoms with Gasteiger partial charge in [0, 0.05) is 6.54 Å². The Morgan fingerprint density at radius 1 is 1.56 bits per heavy atom. The summed E-state index contributed by atoms with van der Waals surface area (Å²) >= 11 is 0. The third-order valence-electron chi connectivity index (χ3n) is 2.80. The highest BCUT2D eigenvalue weighted by Crippen LogP contribution is 2.20. The number of ether oxygens (including phenoxy) is 1. The van der Waals surface area contributed by atoms with Gasteiger partial charge in [0.25, 0.3) is 0 Å². The van der Waals surface area contributed by atoms with Gasteiger partial charge in [0.15, 0.2) is 11.6 Å². The maximum atomic E-state index is 13.3. The van der Waals surface area contributed by atoms with Crippen molar-refractivity contribution in [2.75, 3.05) is 13.3 Å². The van der Waals surface area contributed by atoms with Gasteiger partial charge in [-0.05, 0) is 37.5 Å². The summed E-state index contributed by atoms with van der Waals surface area (Å²) in [5, 5.41) is 9.54. The normalized spacial score (nSPS) is 21.3. The maximum Gasteiger partial charge on any atom is 0.165 e. The fourth-order valence-electron chi connectivity index (χ4n) is 1.83. The van der Waals surface area contributed by atoms with Crippen LogP contribution in [0.1, 0.15) is 18.4 Å². The van der Waals surface area contributed by atoms with E-state index in [4.69, 9.17) is 4.74 Å². The number of hydrogen-bond acceptors (Lipinski definition) is 3. The van der Waals surface area contributed by atoms with Crippen molar-refractivity contribution in [3.8, 4) is 5.75 Å². The highest BCUT2D eigenvalue weighted by molar-refractivity contribution is 5.29. The molecule has 0 radical (unpaired) electrons. The fraction of sp³-hybridized carbons (Fsp3) is 0.500. The monoisotopic (exact) mass is 225 g/mol. The van der Waals surface area contributed by atoms with E-state index in [-0.39, 0.29) is 18.3 Å². The first-order valence-electron chi connectivity index (χ1n) is 5.48. The summed E-state index contributed by atoms with van der Waals surface area (Å²) in [6, 6.07) is 4.76. The zero-order valence-corrected chi connectivity index (χ0v) is 9.32. The van der Waals surface area contributed by atoms with E-state index < -0.39 is 6.23 Å². The van der Waals surface area contributed by atoms with E-state index in [9.17, 15) is 9.50 Å². The molecular formula is C12H16FNO2. The lowest BCUT2D eigenvalue weighted by molar-refractivity contribution is -0.00794. The van der Waals surface area contributed by atoms with Crippen LogP contribution >= 0.6 is 0 Å². The van der Waals surface area contributed by atoms with Crippen molar-refractivity contribution in [3.05, 3.63) is 29.6 Å². The molecule has 1 N–H and O–H groups in total. The summed E-state index contributed by atoms with van der Waals surface area (Å²) < 4.78 is 18.7. The molecule has 0 aromatic heterocycles. The van der Waals surface area contributed by atoms with Crippen LogP contribution < -0.4 is 4.74 Å². The van der Waals surface area contributed by atoms with E-state index >= 15 is 0 Å². The topological polar surface area (TPSA) is 32.7 Å². The minimum atomic E-state index is -0.451. The molecule has 4 heteroatoms. The van der Waals surface area contributed by atoms with E-state index in [1.165, 1.54) is 6.07 Å². The number of hydrogen-bond donors (Lipinski definition) is 1. The highest BCUT2D eigenvalue weighted by atomic mass is 19.1. The van der Waals surface area contributed by atoms with E-state index in [1.807, 2.05) is 6.92 Å². The Labute approximate surface area is 94.4 Å². The number of benzene rings is 1. The van der Waals surface area contributed by atoms with Crippen LogP contribution in [-0.4, -0.2) is 29.5 Å². The molecular weight excluding hydrogens is 209 g/mol. The molecule has 0 saturated carbocycles. The second-order valence-electron chi connectivity index (χ2n) is 4.14. The first-order chi connectivity index (χ1) is 7.66. The zero-order chi connectivity index (χ0) is 11.5. The van der Waals surface area contributed by atoms with Crippen molar-refractivity contribution in [1.29, 1.82) is 0 Å². The summed E-state index contributed by atoms with van der Waals surface area (Å²) in [4.78, 5) is 1.79. The third-order valence-corrected chi connectivity index (χ3v) is 2.80. The molecule has 2 rings (SSSR count). The van der Waals surface area contributed by atoms with Crippen LogP contribution in [0, 0.1) is 12.7 Å². The first kappa shape index (κ1) is 11.4. The largest absolute Gasteiger partial charge is 0.475 e. The van der Waals surface area contributed by atoms with Gasteiger partial charge in [-0.25, -0.2) is 9.29 Å². The van der Waals surface area contributed by atoms with Crippen molar-refractivity contribution >= 4 is 0 Å². The minimum Gasteiger partial charge on any atom is -0.475 e. The summed E-state index contributed by atoms with van der Waals surface area (Å²) in [5.74, 6) is -0.113. The van der Waals surface area contributed by atoms with Crippen molar-refractivity contribution in [3.63, 3.8) is 0 Å². The average Bonchev–Trinajstić information content (AvgIpc) is 2.66. The van der Waals surface area contributed by atoms with Crippen LogP contribution in [-0.2, 0) is 0 Å². The van der Waals surface area contributed by atoms with Crippen LogP contribution in [0.15, 0.2) is 18.2 Å². The van der Waals surface area contributed by atoms with Crippen LogP contribution in [0.5, 0.6) is 5.75 Å². The predicted octanol–water partition coefficient (Wildman–Crippen LogP) is 1.88. The molecule has 1 fully saturated rings. The van der Waals surface area contributed by atoms with Gasteiger partial charge in [0.2, 0.25) is 0 Å². The third kappa shape index (κ3) is 2.51. The molecule has 1 aromatic rings. The van der Waals surface area contributed by atoms with E-state index in [0.29, 0.717) is 0 Å². The minimum absolute atomic E-state index is 0.238. The van der Waals surface area contributed by atoms with Crippen molar-refractivity contribution < 1.29 is 14.2 Å². The first-order valence-corrected chi connectivity index (χ1v) is 5.48. The molecule has 1 atom stereocenters. The molecule has 1 unspecified atom stereocenters. The molecule has 16 heavy (non-hydrogen) atoms. The van der Waals surface area contributed by atoms with E-state index in [1.54, 1.807) is 17.0 Å². The summed E-state index contributed by atoms with van der Waals surface area (Å²) in [6.07, 6.45) is 1.27. The van der Waals surface area contributed by atoms with Gasteiger partial charge in [-0.2, -0.15) is 0 Å². The zero-order valence-electron chi connectivity index (χ0n) is 9.32. The fourth-order valence-corrected chi connectivity index (χ4v) is 1.83. The van der Waals surface area contributed by atoms with Crippen molar-refractivity contribution in [1.82, 2.24) is 4.90 Å². The standard InChI is InChI=1S/C12H16FNO2/c1-9-4-5-10(13)11(7-9)16-8-14-6-2-3-12(14)15/h4-5,7,12,15H,2-3,6,8H2,1H3. The Kier molecular flexibility index (Phi) is 3.41. The van der Waals surface area contributed by atoms with Crippen LogP contribution in [0.3, 0.4) is 0 Å². The van der Waals surface area contributed by atoms with Gasteiger partial charge in [0.05, 0.1) is 0 Å². The number of aliphatic hydroxyl groups is 1. The SMILES string of the molecule is Cc1ccc(F)c(OCN2CCCC2O)c1. The molecule has 3 nitrogen and oxygen atoms in total. The second kappa shape index (κ2) is 4.80. The number of likely N-dealkylation sites (tertiary alicyclic amines) is 1. The van der Waals surface area contributed by atoms with Crippen molar-refractivity contribution in [2.24, 2.45) is 0 Å². The quantitative estimate of drug-likeness (QED) is 0.852. The summed E-state index contributed by atoms with van der Waals surface area (Å²) in [6.45, 7) is 2.92. The maximum absolute atomic E-state index is 13.3. The number of nitrogens with zero attached hydrogens (tertiary/aromatic N) is 1. The molecule has 0 bridgehead atoms. The molecule has 1 aliphatic rings. The lowest BCUT2D eigenvalue weighted by Gasteiger charge is -2.20. The molecule has 1 aliphatic heterocycles. The van der Waals surface area contributed by atoms with Gasteiger partial charge >= 0.3 is 0 Å². The molecule has 0 amide bonds. The van der Waals surface area contributed by atoms with Crippen molar-refractivity contribution in [2.45, 2.75) is 26.0 Å². The lowest BCUT2D eigenvalue weighted by Crippen LogP contribution is -2.32. The Bertz CT molecular complexity index is 370. The molecule has 1 saturated heterocycles. The Morgan fingerprint density at radius 2 is 2.38 bits per heavy atom. The van der Waals surface area contributed by atoms with Gasteiger partial charge < -0.3 is 9.84 Å². The summed E-state index contributed by atoms with van der Waals surface area (Å²) in [7, 11) is 0. The van der Waals surface area contributed by atoms with Gasteiger partial charge in [-0.15, -0.1) is 0 Å². The lowest BCUT2D eigenvalue weighted by atomic mass is 10.2. The Morgan fingerprint density at radius 3 is 3.06 bits per heavy atom. The number of aliphatic hydroxyl groups excluding tert-OH is 1. The summed E-state index contributed by atoms with van der Waals surface area (Å²) in [5.41, 5.74) is 0.957. The smallest absolute Gasteiger partial charge is 0.165 e. The van der Waals surface area contributed by atoms with Crippen LogP contribution in [0.2, 0.25) is 0 Å². The predicted molar refractivity (Wildman–Crippen MR) is 58.6 cm³/mol. The molecule has 1 aromatic carbocycles. The molecule has 1 heterocycles. The number of aryl methyl sites for hydroxylation is 1. The highest BCUT2D eigenvalue weighted by Gasteiger charge is 2.22. The molecule has 0 spiro atoms. The number of rotatable bonds is 3. The van der Waals surface area contributed by atoms with Crippen LogP contribution in [0.25, 0.3) is 0 Å². The Balaban J connectivity index is 1.96. The van der Waals surface area contributed by atoms with Gasteiger partial charge in [-0.3, -0.25) is 0 Å². The van der Waals surface area contributed by atoms with E-state index in [0.717, 1.165) is 24.9 Å². The average molecular weight is 225 g/mol.